The van der Waals surface area contributed by atoms with Gasteiger partial charge in [0.2, 0.25) is 15.9 Å². The quantitative estimate of drug-likeness (QED) is 0.352. The van der Waals surface area contributed by atoms with E-state index in [1.165, 1.54) is 41.3 Å². The highest BCUT2D eigenvalue weighted by Crippen LogP contribution is 2.45. The van der Waals surface area contributed by atoms with Crippen LogP contribution in [-0.2, 0) is 29.4 Å². The fourth-order valence-corrected chi connectivity index (χ4v) is 9.35. The Morgan fingerprint density at radius 2 is 1.91 bits per heavy atom. The van der Waals surface area contributed by atoms with E-state index in [1.807, 2.05) is 0 Å². The SMILES string of the molecule is O=C(CC1(c2ccc(-c3ccc(Cl)cc3)s2)CCN(S(=O)(=O)c2cccnc2)CCS1(=O)=O)NO. The molecule has 1 aromatic carbocycles. The maximum atomic E-state index is 13.7. The number of rotatable bonds is 6. The summed E-state index contributed by atoms with van der Waals surface area (Å²) in [5.74, 6) is -1.36. The third-order valence-electron chi connectivity index (χ3n) is 6.00. The van der Waals surface area contributed by atoms with Gasteiger partial charge in [0.25, 0.3) is 0 Å². The molecule has 186 valence electrons. The molecule has 3 aromatic rings. The molecular formula is C22H22ClN3O6S3. The number of amides is 1. The third kappa shape index (κ3) is 4.99. The van der Waals surface area contributed by atoms with Gasteiger partial charge in [-0.1, -0.05) is 23.7 Å². The molecule has 1 aliphatic heterocycles. The highest BCUT2D eigenvalue weighted by Gasteiger charge is 2.50. The number of hydroxylamine groups is 1. The number of aromatic nitrogens is 1. The Hall–Kier alpha value is -2.35. The van der Waals surface area contributed by atoms with Gasteiger partial charge in [-0.3, -0.25) is 15.0 Å². The first kappa shape index (κ1) is 25.7. The molecule has 1 fully saturated rings. The van der Waals surface area contributed by atoms with E-state index in [-0.39, 0.29) is 24.4 Å². The molecule has 3 heterocycles. The van der Waals surface area contributed by atoms with Crippen molar-refractivity contribution in [2.24, 2.45) is 0 Å². The maximum absolute atomic E-state index is 13.7. The Balaban J connectivity index is 1.76. The summed E-state index contributed by atoms with van der Waals surface area (Å²) in [6.07, 6.45) is 1.94. The summed E-state index contributed by atoms with van der Waals surface area (Å²) in [5, 5.41) is 9.75. The average Bonchev–Trinajstić information content (AvgIpc) is 3.29. The zero-order valence-electron chi connectivity index (χ0n) is 18.3. The first-order valence-corrected chi connectivity index (χ1v) is 14.8. The van der Waals surface area contributed by atoms with Crippen molar-refractivity contribution >= 4 is 48.7 Å². The van der Waals surface area contributed by atoms with E-state index in [1.54, 1.807) is 36.4 Å². The number of benzene rings is 1. The number of pyridine rings is 1. The molecule has 1 amide bonds. The number of nitrogens with one attached hydrogen (secondary N) is 1. The molecule has 0 saturated carbocycles. The van der Waals surface area contributed by atoms with Crippen molar-refractivity contribution in [1.82, 2.24) is 14.8 Å². The van der Waals surface area contributed by atoms with Crippen molar-refractivity contribution < 1.29 is 26.8 Å². The van der Waals surface area contributed by atoms with Crippen LogP contribution in [0.1, 0.15) is 17.7 Å². The molecule has 9 nitrogen and oxygen atoms in total. The Morgan fingerprint density at radius 3 is 2.57 bits per heavy atom. The topological polar surface area (TPSA) is 134 Å². The second-order valence-electron chi connectivity index (χ2n) is 8.04. The molecule has 13 heteroatoms. The van der Waals surface area contributed by atoms with Crippen LogP contribution in [0.4, 0.5) is 0 Å². The van der Waals surface area contributed by atoms with Gasteiger partial charge in [0.15, 0.2) is 9.84 Å². The molecule has 1 atom stereocenters. The van der Waals surface area contributed by atoms with Crippen molar-refractivity contribution in [3.8, 4) is 10.4 Å². The van der Waals surface area contributed by atoms with Crippen LogP contribution in [0.25, 0.3) is 10.4 Å². The van der Waals surface area contributed by atoms with E-state index in [4.69, 9.17) is 11.6 Å². The molecule has 35 heavy (non-hydrogen) atoms. The predicted octanol–water partition coefficient (Wildman–Crippen LogP) is 3.06. The normalized spacial score (nSPS) is 20.7. The second kappa shape index (κ2) is 9.96. The predicted molar refractivity (Wildman–Crippen MR) is 132 cm³/mol. The van der Waals surface area contributed by atoms with Crippen molar-refractivity contribution in [2.45, 2.75) is 22.5 Å². The van der Waals surface area contributed by atoms with Crippen LogP contribution in [0.5, 0.6) is 0 Å². The molecule has 2 N–H and O–H groups in total. The summed E-state index contributed by atoms with van der Waals surface area (Å²) in [7, 11) is -8.03. The van der Waals surface area contributed by atoms with Crippen molar-refractivity contribution in [1.29, 1.82) is 0 Å². The second-order valence-corrected chi connectivity index (χ2v) is 13.9. The fourth-order valence-electron chi connectivity index (χ4n) is 4.09. The summed E-state index contributed by atoms with van der Waals surface area (Å²) in [6.45, 7) is -0.402. The lowest BCUT2D eigenvalue weighted by Crippen LogP contribution is -2.41. The Labute approximate surface area is 212 Å². The number of sulfone groups is 1. The van der Waals surface area contributed by atoms with Crippen molar-refractivity contribution in [2.75, 3.05) is 18.8 Å². The molecular weight excluding hydrogens is 534 g/mol. The maximum Gasteiger partial charge on any atom is 0.245 e. The van der Waals surface area contributed by atoms with E-state index >= 15 is 0 Å². The lowest BCUT2D eigenvalue weighted by Gasteiger charge is -2.30. The lowest BCUT2D eigenvalue weighted by atomic mass is 9.97. The molecule has 0 aliphatic carbocycles. The van der Waals surface area contributed by atoms with Gasteiger partial charge in [-0.2, -0.15) is 4.31 Å². The first-order valence-electron chi connectivity index (χ1n) is 10.5. The highest BCUT2D eigenvalue weighted by molar-refractivity contribution is 7.92. The van der Waals surface area contributed by atoms with E-state index in [0.29, 0.717) is 9.90 Å². The van der Waals surface area contributed by atoms with Crippen LogP contribution in [-0.4, -0.2) is 56.1 Å². The van der Waals surface area contributed by atoms with E-state index in [2.05, 4.69) is 4.98 Å². The standard InChI is InChI=1S/C22H22ClN3O6S3/c23-17-5-3-16(4-6-17)19-7-8-20(33-19)22(14-21(27)25-28)9-11-26(12-13-34(22,29)30)35(31,32)18-2-1-10-24-15-18/h1-8,10,15,28H,9,11-14H2,(H,25,27). The zero-order chi connectivity index (χ0) is 25.3. The molecule has 1 unspecified atom stereocenters. The lowest BCUT2D eigenvalue weighted by molar-refractivity contribution is -0.129. The van der Waals surface area contributed by atoms with Crippen LogP contribution >= 0.6 is 22.9 Å². The van der Waals surface area contributed by atoms with Gasteiger partial charge in [0.1, 0.15) is 9.64 Å². The zero-order valence-corrected chi connectivity index (χ0v) is 21.5. The van der Waals surface area contributed by atoms with Crippen molar-refractivity contribution in [3.05, 3.63) is 70.8 Å². The Morgan fingerprint density at radius 1 is 1.17 bits per heavy atom. The van der Waals surface area contributed by atoms with Crippen LogP contribution in [0.2, 0.25) is 5.02 Å². The molecule has 0 bridgehead atoms. The van der Waals surface area contributed by atoms with Crippen LogP contribution < -0.4 is 5.48 Å². The van der Waals surface area contributed by atoms with Gasteiger partial charge in [-0.15, -0.1) is 11.3 Å². The van der Waals surface area contributed by atoms with Gasteiger partial charge in [0, 0.05) is 40.3 Å². The van der Waals surface area contributed by atoms with Gasteiger partial charge >= 0.3 is 0 Å². The number of sulfonamides is 1. The monoisotopic (exact) mass is 555 g/mol. The highest BCUT2D eigenvalue weighted by atomic mass is 35.5. The number of carbonyl (C=O) groups is 1. The number of thiophene rings is 1. The minimum Gasteiger partial charge on any atom is -0.289 e. The van der Waals surface area contributed by atoms with Gasteiger partial charge in [0.05, 0.1) is 12.2 Å². The van der Waals surface area contributed by atoms with Crippen LogP contribution in [0, 0.1) is 0 Å². The van der Waals surface area contributed by atoms with Gasteiger partial charge in [-0.05, 0) is 48.4 Å². The first-order chi connectivity index (χ1) is 16.6. The number of carbonyl (C=O) groups excluding carboxylic acids is 1. The molecule has 2 aromatic heterocycles. The molecule has 1 aliphatic rings. The summed E-state index contributed by atoms with van der Waals surface area (Å²) in [5.41, 5.74) is 2.34. The molecule has 0 radical (unpaired) electrons. The minimum absolute atomic E-state index is 0.0425. The smallest absolute Gasteiger partial charge is 0.245 e. The van der Waals surface area contributed by atoms with Gasteiger partial charge < -0.3 is 0 Å². The molecule has 0 spiro atoms. The van der Waals surface area contributed by atoms with E-state index < -0.39 is 42.7 Å². The minimum atomic E-state index is -4.04. The molecule has 1 saturated heterocycles. The summed E-state index contributed by atoms with van der Waals surface area (Å²) in [4.78, 5) is 17.3. The summed E-state index contributed by atoms with van der Waals surface area (Å²) in [6, 6.07) is 13.3. The van der Waals surface area contributed by atoms with E-state index in [0.717, 1.165) is 14.7 Å². The number of halogens is 1. The number of hydrogen-bond acceptors (Lipinski definition) is 8. The number of hydrogen-bond donors (Lipinski definition) is 2. The number of nitrogens with zero attached hydrogens (tertiary/aromatic N) is 2. The van der Waals surface area contributed by atoms with Crippen LogP contribution in [0.15, 0.2) is 65.8 Å². The largest absolute Gasteiger partial charge is 0.289 e. The molecule has 4 rings (SSSR count). The van der Waals surface area contributed by atoms with Crippen LogP contribution in [0.3, 0.4) is 0 Å². The third-order valence-corrected chi connectivity index (χ3v) is 12.1. The Kier molecular flexibility index (Phi) is 7.32. The van der Waals surface area contributed by atoms with E-state index in [9.17, 15) is 26.8 Å². The van der Waals surface area contributed by atoms with Gasteiger partial charge in [-0.25, -0.2) is 22.3 Å². The Bertz CT molecular complexity index is 1430. The summed E-state index contributed by atoms with van der Waals surface area (Å²) >= 11 is 7.17. The summed E-state index contributed by atoms with van der Waals surface area (Å²) < 4.78 is 53.0. The fraction of sp³-hybridized carbons (Fsp3) is 0.273. The average molecular weight is 556 g/mol. The van der Waals surface area contributed by atoms with Crippen molar-refractivity contribution in [3.63, 3.8) is 0 Å².